The molecule has 4 heterocycles. The molecule has 34 heavy (non-hydrogen) atoms. The van der Waals surface area contributed by atoms with Crippen molar-refractivity contribution in [3.8, 4) is 0 Å². The smallest absolute Gasteiger partial charge is 0.406 e. The van der Waals surface area contributed by atoms with Gasteiger partial charge in [0.05, 0.1) is 19.0 Å². The van der Waals surface area contributed by atoms with Crippen molar-refractivity contribution in [2.75, 3.05) is 32.2 Å². The molecule has 4 rings (SSSR count). The summed E-state index contributed by atoms with van der Waals surface area (Å²) >= 11 is 0. The van der Waals surface area contributed by atoms with Crippen molar-refractivity contribution in [1.29, 1.82) is 0 Å². The zero-order valence-corrected chi connectivity index (χ0v) is 18.9. The molecule has 2 aliphatic rings. The number of hydrogen-bond donors (Lipinski definition) is 2. The summed E-state index contributed by atoms with van der Waals surface area (Å²) in [5, 5.41) is 5.63. The van der Waals surface area contributed by atoms with Crippen molar-refractivity contribution in [2.24, 2.45) is 0 Å². The molecule has 5 atom stereocenters. The van der Waals surface area contributed by atoms with E-state index in [1.807, 2.05) is 0 Å². The van der Waals surface area contributed by atoms with E-state index in [-0.39, 0.29) is 12.6 Å². The van der Waals surface area contributed by atoms with Gasteiger partial charge in [-0.2, -0.15) is 0 Å². The van der Waals surface area contributed by atoms with Crippen molar-refractivity contribution >= 4 is 35.0 Å². The van der Waals surface area contributed by atoms with Gasteiger partial charge in [-0.15, -0.1) is 0 Å². The summed E-state index contributed by atoms with van der Waals surface area (Å²) in [6, 6.07) is 0.0966. The highest BCUT2D eigenvalue weighted by molar-refractivity contribution is 5.83. The Labute approximate surface area is 194 Å². The lowest BCUT2D eigenvalue weighted by Crippen LogP contribution is -2.41. The maximum absolute atomic E-state index is 11.9. The van der Waals surface area contributed by atoms with E-state index in [0.717, 1.165) is 6.42 Å². The van der Waals surface area contributed by atoms with E-state index < -0.39 is 42.6 Å². The largest absolute Gasteiger partial charge is 0.455 e. The molecular weight excluding hydrogens is 452 g/mol. The first kappa shape index (κ1) is 23.6. The van der Waals surface area contributed by atoms with Gasteiger partial charge in [0.2, 0.25) is 0 Å². The normalized spacial score (nSPS) is 26.3. The van der Waals surface area contributed by atoms with Crippen LogP contribution in [0.2, 0.25) is 0 Å². The SMILES string of the molecule is CNC(=O)OC[C@H]1O[C@@H](n2cnc3c(N[C@@H]4CCOC4)ncnc32)[C@H](OC(C)=O)[C@@H]1OC(C)=O. The van der Waals surface area contributed by atoms with Crippen LogP contribution in [0, 0.1) is 0 Å². The van der Waals surface area contributed by atoms with Gasteiger partial charge >= 0.3 is 18.0 Å². The highest BCUT2D eigenvalue weighted by atomic mass is 16.7. The van der Waals surface area contributed by atoms with E-state index in [0.29, 0.717) is 30.2 Å². The second-order valence-electron chi connectivity index (χ2n) is 7.81. The minimum atomic E-state index is -1.05. The van der Waals surface area contributed by atoms with Crippen molar-refractivity contribution in [1.82, 2.24) is 24.8 Å². The predicted octanol–water partition coefficient (Wildman–Crippen LogP) is 0.144. The highest BCUT2D eigenvalue weighted by Crippen LogP contribution is 2.36. The molecular formula is C20H26N6O8. The molecule has 2 aliphatic heterocycles. The molecule has 0 saturated carbocycles. The van der Waals surface area contributed by atoms with Crippen LogP contribution in [0.25, 0.3) is 11.2 Å². The van der Waals surface area contributed by atoms with Gasteiger partial charge in [-0.1, -0.05) is 0 Å². The third-order valence-electron chi connectivity index (χ3n) is 5.38. The molecule has 0 unspecified atom stereocenters. The Morgan fingerprint density at radius 2 is 1.91 bits per heavy atom. The second-order valence-corrected chi connectivity index (χ2v) is 7.81. The first-order chi connectivity index (χ1) is 16.4. The topological polar surface area (TPSA) is 165 Å². The molecule has 0 bridgehead atoms. The lowest BCUT2D eigenvalue weighted by molar-refractivity contribution is -0.165. The van der Waals surface area contributed by atoms with Crippen LogP contribution in [0.3, 0.4) is 0 Å². The maximum atomic E-state index is 11.9. The van der Waals surface area contributed by atoms with Crippen LogP contribution in [-0.4, -0.2) is 88.8 Å². The lowest BCUT2D eigenvalue weighted by Gasteiger charge is -2.23. The number of aromatic nitrogens is 4. The van der Waals surface area contributed by atoms with Crippen LogP contribution in [-0.2, 0) is 33.3 Å². The molecule has 0 aliphatic carbocycles. The van der Waals surface area contributed by atoms with Crippen LogP contribution in [0.1, 0.15) is 26.5 Å². The molecule has 2 aromatic heterocycles. The number of hydrogen-bond acceptors (Lipinski definition) is 12. The van der Waals surface area contributed by atoms with Gasteiger partial charge in [0, 0.05) is 27.5 Å². The van der Waals surface area contributed by atoms with E-state index in [1.54, 1.807) is 4.57 Å². The summed E-state index contributed by atoms with van der Waals surface area (Å²) in [5.74, 6) is -0.692. The number of esters is 2. The Balaban J connectivity index is 1.66. The average Bonchev–Trinajstić information content (AvgIpc) is 3.52. The van der Waals surface area contributed by atoms with Crippen LogP contribution < -0.4 is 10.6 Å². The monoisotopic (exact) mass is 478 g/mol. The van der Waals surface area contributed by atoms with Gasteiger partial charge in [0.1, 0.15) is 19.0 Å². The van der Waals surface area contributed by atoms with E-state index >= 15 is 0 Å². The third-order valence-corrected chi connectivity index (χ3v) is 5.38. The maximum Gasteiger partial charge on any atom is 0.406 e. The van der Waals surface area contributed by atoms with Crippen molar-refractivity contribution < 1.29 is 38.1 Å². The molecule has 2 fully saturated rings. The van der Waals surface area contributed by atoms with Crippen LogP contribution in [0.4, 0.5) is 10.6 Å². The molecule has 14 heteroatoms. The number of nitrogens with one attached hydrogen (secondary N) is 2. The Morgan fingerprint density at radius 1 is 1.15 bits per heavy atom. The minimum absolute atomic E-state index is 0.0966. The molecule has 2 saturated heterocycles. The Hall–Kier alpha value is -3.52. The number of carbonyl (C=O) groups excluding carboxylic acids is 3. The molecule has 0 radical (unpaired) electrons. The lowest BCUT2D eigenvalue weighted by atomic mass is 10.1. The van der Waals surface area contributed by atoms with Gasteiger partial charge < -0.3 is 34.3 Å². The average molecular weight is 478 g/mol. The summed E-state index contributed by atoms with van der Waals surface area (Å²) in [7, 11) is 1.41. The van der Waals surface area contributed by atoms with Crippen molar-refractivity contribution in [3.63, 3.8) is 0 Å². The molecule has 2 N–H and O–H groups in total. The number of nitrogens with zero attached hydrogens (tertiary/aromatic N) is 4. The van der Waals surface area contributed by atoms with Crippen LogP contribution in [0.5, 0.6) is 0 Å². The number of imidazole rings is 1. The number of fused-ring (bicyclic) bond motifs is 1. The van der Waals surface area contributed by atoms with Gasteiger partial charge in [0.15, 0.2) is 35.4 Å². The number of ether oxygens (including phenoxy) is 5. The van der Waals surface area contributed by atoms with Crippen LogP contribution in [0.15, 0.2) is 12.7 Å². The van der Waals surface area contributed by atoms with E-state index in [4.69, 9.17) is 23.7 Å². The zero-order valence-electron chi connectivity index (χ0n) is 18.9. The highest BCUT2D eigenvalue weighted by Gasteiger charge is 2.51. The number of anilines is 1. The second kappa shape index (κ2) is 10.2. The van der Waals surface area contributed by atoms with Gasteiger partial charge in [0.25, 0.3) is 0 Å². The third kappa shape index (κ3) is 5.02. The van der Waals surface area contributed by atoms with Crippen molar-refractivity contribution in [2.45, 2.75) is 50.8 Å². The molecule has 2 aromatic rings. The van der Waals surface area contributed by atoms with Crippen LogP contribution >= 0.6 is 0 Å². The number of amides is 1. The standard InChI is InChI=1S/C20H26N6O8/c1-10(27)32-15-13(7-31-20(29)21-3)34-19(16(15)33-11(2)28)26-9-24-14-17(22-8-23-18(14)26)25-12-4-5-30-6-12/h8-9,12-13,15-16,19H,4-7H2,1-3H3,(H,21,29)(H,22,23,25)/t12-,13-,15-,16-,19-/m1/s1. The molecule has 1 amide bonds. The number of alkyl carbamates (subject to hydrolysis) is 1. The quantitative estimate of drug-likeness (QED) is 0.409. The summed E-state index contributed by atoms with van der Waals surface area (Å²) < 4.78 is 29.0. The molecule has 0 spiro atoms. The molecule has 184 valence electrons. The summed E-state index contributed by atoms with van der Waals surface area (Å²) in [6.45, 7) is 3.43. The van der Waals surface area contributed by atoms with Gasteiger partial charge in [-0.05, 0) is 6.42 Å². The Kier molecular flexibility index (Phi) is 7.07. The molecule has 14 nitrogen and oxygen atoms in total. The molecule has 0 aromatic carbocycles. The predicted molar refractivity (Wildman–Crippen MR) is 114 cm³/mol. The van der Waals surface area contributed by atoms with Gasteiger partial charge in [-0.25, -0.2) is 19.7 Å². The van der Waals surface area contributed by atoms with E-state index in [2.05, 4.69) is 25.6 Å². The van der Waals surface area contributed by atoms with E-state index in [9.17, 15) is 14.4 Å². The summed E-state index contributed by atoms with van der Waals surface area (Å²) in [4.78, 5) is 48.3. The Bertz CT molecular complexity index is 1050. The fourth-order valence-corrected chi connectivity index (χ4v) is 3.93. The minimum Gasteiger partial charge on any atom is -0.455 e. The Morgan fingerprint density at radius 3 is 2.59 bits per heavy atom. The van der Waals surface area contributed by atoms with Gasteiger partial charge in [-0.3, -0.25) is 14.2 Å². The number of rotatable bonds is 7. The van der Waals surface area contributed by atoms with E-state index in [1.165, 1.54) is 33.5 Å². The summed E-state index contributed by atoms with van der Waals surface area (Å²) in [5.41, 5.74) is 0.890. The summed E-state index contributed by atoms with van der Waals surface area (Å²) in [6.07, 6.45) is -0.963. The first-order valence-corrected chi connectivity index (χ1v) is 10.7. The fraction of sp³-hybridized carbons (Fsp3) is 0.600. The first-order valence-electron chi connectivity index (χ1n) is 10.7. The van der Waals surface area contributed by atoms with Crippen molar-refractivity contribution in [3.05, 3.63) is 12.7 Å². The number of carbonyl (C=O) groups is 3. The fourth-order valence-electron chi connectivity index (χ4n) is 3.93. The zero-order chi connectivity index (χ0) is 24.2.